The lowest BCUT2D eigenvalue weighted by molar-refractivity contribution is -0.155. The van der Waals surface area contributed by atoms with Crippen molar-refractivity contribution in [1.29, 1.82) is 0 Å². The molecule has 17 nitrogen and oxygen atoms in total. The maximum atomic E-state index is 14.7. The van der Waals surface area contributed by atoms with Gasteiger partial charge in [0, 0.05) is 69.9 Å². The molecule has 0 unspecified atom stereocenters. The highest BCUT2D eigenvalue weighted by atomic mass is 16.5. The minimum Gasteiger partial charge on any atom is -0.508 e. The molecule has 6 bridgehead atoms. The number of cyclic esters (lactones) is 1. The molecule has 4 atom stereocenters. The summed E-state index contributed by atoms with van der Waals surface area (Å²) in [5.41, 5.74) is 8.01. The van der Waals surface area contributed by atoms with E-state index >= 15 is 0 Å². The van der Waals surface area contributed by atoms with Crippen molar-refractivity contribution in [2.24, 2.45) is 17.3 Å². The van der Waals surface area contributed by atoms with Crippen LogP contribution in [0.4, 0.5) is 0 Å². The summed E-state index contributed by atoms with van der Waals surface area (Å²) in [6.45, 7) is 14.4. The van der Waals surface area contributed by atoms with Crippen LogP contribution >= 0.6 is 0 Å². The number of nitrogens with zero attached hydrogens (tertiary/aromatic N) is 7. The van der Waals surface area contributed by atoms with E-state index in [4.69, 9.17) is 14.5 Å². The number of imidazole rings is 1. The molecule has 0 spiro atoms. The van der Waals surface area contributed by atoms with Crippen LogP contribution in [0, 0.1) is 29.1 Å². The van der Waals surface area contributed by atoms with E-state index < -0.39 is 47.2 Å². The number of morpholine rings is 1. The van der Waals surface area contributed by atoms with Crippen molar-refractivity contribution < 1.29 is 38.6 Å². The zero-order chi connectivity index (χ0) is 49.0. The number of aromatic nitrogens is 3. The largest absolute Gasteiger partial charge is 0.508 e. The highest BCUT2D eigenvalue weighted by molar-refractivity contribution is 5.96. The topological polar surface area (TPSA) is 192 Å². The molecule has 17 heteroatoms. The zero-order valence-corrected chi connectivity index (χ0v) is 40.6. The Bertz CT molecular complexity index is 2650. The molecule has 0 saturated carbocycles. The van der Waals surface area contributed by atoms with Crippen molar-refractivity contribution in [3.63, 3.8) is 0 Å². The Morgan fingerprint density at radius 1 is 1.03 bits per heavy atom. The lowest BCUT2D eigenvalue weighted by Gasteiger charge is -2.37. The molecule has 4 amide bonds. The first kappa shape index (κ1) is 49.1. The number of phenols is 1. The predicted molar refractivity (Wildman–Crippen MR) is 259 cm³/mol. The quantitative estimate of drug-likeness (QED) is 0.171. The summed E-state index contributed by atoms with van der Waals surface area (Å²) in [6.07, 6.45) is 3.82. The molecule has 3 N–H and O–H groups in total. The number of aromatic hydroxyl groups is 1. The number of likely N-dealkylation sites (N-methyl/N-ethyl adjacent to an activating group) is 1. The van der Waals surface area contributed by atoms with E-state index in [0.717, 1.165) is 46.8 Å². The molecule has 4 aromatic rings. The average molecular weight is 944 g/mol. The monoisotopic (exact) mass is 943 g/mol. The number of ether oxygens (including phenoxy) is 2. The minimum atomic E-state index is -1.17. The number of esters is 1. The number of amides is 4. The Hall–Kier alpha value is -6.35. The number of phenolic OH excluding ortho intramolecular Hbond substituents is 1. The molecule has 3 saturated heterocycles. The van der Waals surface area contributed by atoms with E-state index in [9.17, 15) is 29.1 Å². The lowest BCUT2D eigenvalue weighted by atomic mass is 9.94. The van der Waals surface area contributed by atoms with Crippen LogP contribution in [0.3, 0.4) is 0 Å². The first-order valence-corrected chi connectivity index (χ1v) is 24.3. The number of carbonyl (C=O) groups excluding carboxylic acids is 5. The van der Waals surface area contributed by atoms with Gasteiger partial charge in [-0.25, -0.2) is 10.4 Å². The van der Waals surface area contributed by atoms with Crippen LogP contribution in [0.1, 0.15) is 65.1 Å². The SMILES string of the molecule is CCc1ncccc1-c1nc2ccc3cc2n1CC(C)(C)COC(=O)[C@@H]1CCCN(N1)C(=O)[C@@H](NC(=O)[C@H](C(C)C)N(C)C(=O)[C@H]1CCN(C(=O)C#CCN2CCOCC2)C1)Cc1cc(O)cc-3c1. The summed E-state index contributed by atoms with van der Waals surface area (Å²) >= 11 is 0. The number of hydrogen-bond acceptors (Lipinski definition) is 12. The Morgan fingerprint density at radius 3 is 2.59 bits per heavy atom. The third-order valence-corrected chi connectivity index (χ3v) is 13.6. The Balaban J connectivity index is 1.08. The normalized spacial score (nSPS) is 21.5. The summed E-state index contributed by atoms with van der Waals surface area (Å²) in [6, 6.07) is 12.0. The van der Waals surface area contributed by atoms with Crippen molar-refractivity contribution in [2.45, 2.75) is 91.4 Å². The number of nitrogens with one attached hydrogen (secondary N) is 2. The van der Waals surface area contributed by atoms with Gasteiger partial charge in [-0.15, -0.1) is 0 Å². The lowest BCUT2D eigenvalue weighted by Crippen LogP contribution is -2.62. The van der Waals surface area contributed by atoms with Crippen LogP contribution in [0.15, 0.2) is 54.7 Å². The molecule has 2 aromatic carbocycles. The van der Waals surface area contributed by atoms with Gasteiger partial charge in [-0.2, -0.15) is 0 Å². The minimum absolute atomic E-state index is 0.0205. The maximum absolute atomic E-state index is 14.7. The van der Waals surface area contributed by atoms with Gasteiger partial charge in [0.25, 0.3) is 11.8 Å². The fraction of sp³-hybridized carbons (Fsp3) is 0.519. The van der Waals surface area contributed by atoms with Crippen LogP contribution in [0.25, 0.3) is 33.5 Å². The van der Waals surface area contributed by atoms with Crippen molar-refractivity contribution in [3.8, 4) is 40.1 Å². The fourth-order valence-corrected chi connectivity index (χ4v) is 9.95. The summed E-state index contributed by atoms with van der Waals surface area (Å²) in [5.74, 6) is 3.39. The molecule has 69 heavy (non-hydrogen) atoms. The number of rotatable bonds is 8. The van der Waals surface area contributed by atoms with Crippen molar-refractivity contribution in [3.05, 3.63) is 66.0 Å². The third-order valence-electron chi connectivity index (χ3n) is 13.6. The summed E-state index contributed by atoms with van der Waals surface area (Å²) in [7, 11) is 1.58. The molecular formula is C52H65N9O8. The van der Waals surface area contributed by atoms with Crippen LogP contribution in [0.2, 0.25) is 0 Å². The standard InChI is InChI=1S/C52H65N9O8/c1-7-40-39(11-8-17-53-40)47-54-41-15-14-35-29-44(41)60(47)31-52(4,5)32-69-51(67)42-12-9-19-61(56-42)50(66)43(27-34-25-37(35)28-38(62)26-34)55-48(64)46(33(2)3)57(6)49(65)36-16-20-59(30-36)45(63)13-10-18-58-21-23-68-24-22-58/h8,11,14-15,17,25-26,28-29,33,36,42-43,46,56,62H,7,9,12,16,18-24,27,30-32H2,1-6H3,(H,55,64)/t36-,42-,43-,46-/m0/s1. The van der Waals surface area contributed by atoms with Crippen LogP contribution in [0.5, 0.6) is 5.75 Å². The molecule has 366 valence electrons. The number of carbonyl (C=O) groups is 5. The Labute approximate surface area is 403 Å². The van der Waals surface area contributed by atoms with E-state index in [0.29, 0.717) is 69.7 Å². The highest BCUT2D eigenvalue weighted by Gasteiger charge is 2.40. The number of pyridine rings is 1. The summed E-state index contributed by atoms with van der Waals surface area (Å²) in [4.78, 5) is 85.3. The van der Waals surface area contributed by atoms with Crippen LogP contribution in [-0.4, -0.2) is 153 Å². The van der Waals surface area contributed by atoms with Gasteiger partial charge in [0.2, 0.25) is 11.8 Å². The van der Waals surface area contributed by atoms with E-state index in [1.807, 2.05) is 64.1 Å². The van der Waals surface area contributed by atoms with E-state index in [1.54, 1.807) is 30.3 Å². The van der Waals surface area contributed by atoms with E-state index in [-0.39, 0.29) is 49.6 Å². The number of hydrogen-bond donors (Lipinski definition) is 3. The van der Waals surface area contributed by atoms with E-state index in [2.05, 4.69) is 44.0 Å². The molecule has 3 fully saturated rings. The van der Waals surface area contributed by atoms with Gasteiger partial charge in [0.15, 0.2) is 0 Å². The predicted octanol–water partition coefficient (Wildman–Crippen LogP) is 3.81. The third kappa shape index (κ3) is 11.2. The first-order valence-electron chi connectivity index (χ1n) is 24.3. The van der Waals surface area contributed by atoms with Gasteiger partial charge in [-0.05, 0) is 90.6 Å². The van der Waals surface area contributed by atoms with Crippen molar-refractivity contribution in [1.82, 2.24) is 45.0 Å². The Morgan fingerprint density at radius 2 is 1.83 bits per heavy atom. The molecule has 4 aliphatic heterocycles. The molecule has 2 aromatic heterocycles. The summed E-state index contributed by atoms with van der Waals surface area (Å²) in [5, 5.41) is 15.6. The number of hydrazine groups is 1. The number of benzene rings is 2. The number of likely N-dealkylation sites (tertiary alicyclic amines) is 1. The van der Waals surface area contributed by atoms with Gasteiger partial charge >= 0.3 is 5.97 Å². The van der Waals surface area contributed by atoms with E-state index in [1.165, 1.54) is 9.91 Å². The molecule has 4 aliphatic rings. The molecular weight excluding hydrogens is 879 g/mol. The highest BCUT2D eigenvalue weighted by Crippen LogP contribution is 2.35. The number of aryl methyl sites for hydroxylation is 1. The van der Waals surface area contributed by atoms with Crippen molar-refractivity contribution in [2.75, 3.05) is 66.1 Å². The molecule has 6 heterocycles. The first-order chi connectivity index (χ1) is 33.1. The maximum Gasteiger partial charge on any atom is 0.324 e. The second kappa shape index (κ2) is 21.1. The Kier molecular flexibility index (Phi) is 15.0. The second-order valence-electron chi connectivity index (χ2n) is 19.9. The van der Waals surface area contributed by atoms with Gasteiger partial charge < -0.3 is 34.3 Å². The van der Waals surface area contributed by atoms with Gasteiger partial charge in [-0.1, -0.05) is 52.7 Å². The second-order valence-corrected chi connectivity index (χ2v) is 19.9. The van der Waals surface area contributed by atoms with Crippen LogP contribution < -0.4 is 10.7 Å². The van der Waals surface area contributed by atoms with Crippen molar-refractivity contribution >= 4 is 40.6 Å². The smallest absolute Gasteiger partial charge is 0.324 e. The van der Waals surface area contributed by atoms with Gasteiger partial charge in [0.05, 0.1) is 49.0 Å². The van der Waals surface area contributed by atoms with Crippen LogP contribution in [-0.2, 0) is 52.8 Å². The zero-order valence-electron chi connectivity index (χ0n) is 40.6. The van der Waals surface area contributed by atoms with Gasteiger partial charge in [-0.3, -0.25) is 38.9 Å². The molecule has 0 radical (unpaired) electrons. The molecule has 0 aliphatic carbocycles. The fourth-order valence-electron chi connectivity index (χ4n) is 9.95. The molecule has 8 rings (SSSR count). The average Bonchev–Trinajstić information content (AvgIpc) is 3.98. The van der Waals surface area contributed by atoms with Gasteiger partial charge in [0.1, 0.15) is 29.7 Å². The number of fused-ring (bicyclic) bond motifs is 6. The summed E-state index contributed by atoms with van der Waals surface area (Å²) < 4.78 is 13.6.